The van der Waals surface area contributed by atoms with E-state index in [0.29, 0.717) is 24.4 Å². The van der Waals surface area contributed by atoms with E-state index in [4.69, 9.17) is 4.74 Å². The van der Waals surface area contributed by atoms with Gasteiger partial charge in [0.2, 0.25) is 11.8 Å². The van der Waals surface area contributed by atoms with E-state index in [0.717, 1.165) is 19.3 Å². The minimum atomic E-state index is -4.63. The van der Waals surface area contributed by atoms with Crippen molar-refractivity contribution < 1.29 is 17.9 Å². The maximum atomic E-state index is 13.2. The smallest absolute Gasteiger partial charge is 0.451 e. The number of para-hydroxylation sites is 1. The Morgan fingerprint density at radius 2 is 1.71 bits per heavy atom. The summed E-state index contributed by atoms with van der Waals surface area (Å²) in [6, 6.07) is 6.73. The van der Waals surface area contributed by atoms with Crippen molar-refractivity contribution in [3.63, 3.8) is 0 Å². The number of aromatic nitrogens is 3. The molecule has 3 rings (SSSR count). The van der Waals surface area contributed by atoms with Crippen LogP contribution in [0.3, 0.4) is 0 Å². The first kappa shape index (κ1) is 16.5. The Labute approximate surface area is 137 Å². The molecule has 0 spiro atoms. The van der Waals surface area contributed by atoms with E-state index in [1.165, 1.54) is 7.11 Å². The number of anilines is 1. The summed E-state index contributed by atoms with van der Waals surface area (Å²) < 4.78 is 44.8. The van der Waals surface area contributed by atoms with E-state index in [9.17, 15) is 13.2 Å². The molecule has 5 nitrogen and oxygen atoms in total. The molecule has 1 aliphatic rings. The largest absolute Gasteiger partial charge is 0.496 e. The van der Waals surface area contributed by atoms with Gasteiger partial charge in [0.05, 0.1) is 12.7 Å². The van der Waals surface area contributed by atoms with Gasteiger partial charge in [-0.05, 0) is 31.4 Å². The summed E-state index contributed by atoms with van der Waals surface area (Å²) in [5, 5.41) is 0. The summed E-state index contributed by atoms with van der Waals surface area (Å²) in [7, 11) is 1.45. The Kier molecular flexibility index (Phi) is 4.55. The maximum Gasteiger partial charge on any atom is 0.451 e. The van der Waals surface area contributed by atoms with Crippen molar-refractivity contribution in [3.8, 4) is 17.1 Å². The summed E-state index contributed by atoms with van der Waals surface area (Å²) in [6.07, 6.45) is -1.74. The lowest BCUT2D eigenvalue weighted by molar-refractivity contribution is -0.144. The molecule has 1 aromatic carbocycles. The topological polar surface area (TPSA) is 51.1 Å². The second-order valence-electron chi connectivity index (χ2n) is 5.53. The van der Waals surface area contributed by atoms with Crippen LogP contribution in [0.1, 0.15) is 25.1 Å². The fourth-order valence-electron chi connectivity index (χ4n) is 2.68. The van der Waals surface area contributed by atoms with Crippen LogP contribution < -0.4 is 9.64 Å². The van der Waals surface area contributed by atoms with E-state index in [2.05, 4.69) is 15.0 Å². The van der Waals surface area contributed by atoms with Gasteiger partial charge < -0.3 is 9.64 Å². The van der Waals surface area contributed by atoms with E-state index in [-0.39, 0.29) is 11.8 Å². The molecule has 128 valence electrons. The van der Waals surface area contributed by atoms with E-state index in [1.807, 2.05) is 0 Å². The molecule has 1 aromatic heterocycles. The first-order valence-corrected chi connectivity index (χ1v) is 7.70. The SMILES string of the molecule is COc1ccccc1-c1nc(N2CCCCC2)nc(C(F)(F)F)n1. The average molecular weight is 338 g/mol. The Hall–Kier alpha value is -2.38. The van der Waals surface area contributed by atoms with Gasteiger partial charge >= 0.3 is 6.18 Å². The summed E-state index contributed by atoms with van der Waals surface area (Å²) in [4.78, 5) is 13.3. The molecule has 0 radical (unpaired) electrons. The number of ether oxygens (including phenoxy) is 1. The van der Waals surface area contributed by atoms with E-state index >= 15 is 0 Å². The van der Waals surface area contributed by atoms with Crippen molar-refractivity contribution in [1.29, 1.82) is 0 Å². The zero-order chi connectivity index (χ0) is 17.2. The molecular formula is C16H17F3N4O. The number of nitrogens with zero attached hydrogens (tertiary/aromatic N) is 4. The van der Waals surface area contributed by atoms with Gasteiger partial charge in [-0.2, -0.15) is 23.1 Å². The Morgan fingerprint density at radius 3 is 2.38 bits per heavy atom. The predicted molar refractivity (Wildman–Crippen MR) is 82.9 cm³/mol. The van der Waals surface area contributed by atoms with Crippen molar-refractivity contribution in [3.05, 3.63) is 30.1 Å². The molecule has 0 amide bonds. The highest BCUT2D eigenvalue weighted by Crippen LogP contribution is 2.32. The number of piperidine rings is 1. The van der Waals surface area contributed by atoms with Gasteiger partial charge in [0.25, 0.3) is 0 Å². The number of methoxy groups -OCH3 is 1. The normalized spacial score (nSPS) is 15.4. The second-order valence-corrected chi connectivity index (χ2v) is 5.53. The molecule has 1 saturated heterocycles. The van der Waals surface area contributed by atoms with Gasteiger partial charge in [0, 0.05) is 13.1 Å². The van der Waals surface area contributed by atoms with Crippen LogP contribution >= 0.6 is 0 Å². The highest BCUT2D eigenvalue weighted by molar-refractivity contribution is 5.64. The number of hydrogen-bond donors (Lipinski definition) is 0. The van der Waals surface area contributed by atoms with Crippen molar-refractivity contribution in [2.45, 2.75) is 25.4 Å². The molecule has 1 aliphatic heterocycles. The lowest BCUT2D eigenvalue weighted by atomic mass is 10.1. The van der Waals surface area contributed by atoms with Crippen molar-refractivity contribution in [1.82, 2.24) is 15.0 Å². The molecule has 2 aromatic rings. The molecule has 24 heavy (non-hydrogen) atoms. The first-order chi connectivity index (χ1) is 11.5. The molecule has 8 heteroatoms. The summed E-state index contributed by atoms with van der Waals surface area (Å²) in [6.45, 7) is 1.29. The van der Waals surface area contributed by atoms with Crippen LogP contribution in [0.15, 0.2) is 24.3 Å². The Bertz CT molecular complexity index is 715. The monoisotopic (exact) mass is 338 g/mol. The average Bonchev–Trinajstić information content (AvgIpc) is 2.61. The molecule has 0 N–H and O–H groups in total. The number of hydrogen-bond acceptors (Lipinski definition) is 5. The van der Waals surface area contributed by atoms with Crippen LogP contribution in [-0.2, 0) is 6.18 Å². The maximum absolute atomic E-state index is 13.2. The summed E-state index contributed by atoms with van der Waals surface area (Å²) >= 11 is 0. The fourth-order valence-corrected chi connectivity index (χ4v) is 2.68. The molecule has 0 unspecified atom stereocenters. The Balaban J connectivity index is 2.11. The zero-order valence-electron chi connectivity index (χ0n) is 13.2. The molecule has 0 atom stereocenters. The molecule has 1 fully saturated rings. The van der Waals surface area contributed by atoms with Crippen molar-refractivity contribution in [2.75, 3.05) is 25.1 Å². The van der Waals surface area contributed by atoms with Crippen molar-refractivity contribution in [2.24, 2.45) is 0 Å². The van der Waals surface area contributed by atoms with Crippen LogP contribution in [0.5, 0.6) is 5.75 Å². The van der Waals surface area contributed by atoms with Crippen LogP contribution in [-0.4, -0.2) is 35.2 Å². The van der Waals surface area contributed by atoms with Gasteiger partial charge in [-0.25, -0.2) is 4.98 Å². The number of benzene rings is 1. The lowest BCUT2D eigenvalue weighted by Crippen LogP contribution is -2.32. The molecule has 2 heterocycles. The number of halogens is 3. The second kappa shape index (κ2) is 6.62. The van der Waals surface area contributed by atoms with Gasteiger partial charge in [0.1, 0.15) is 5.75 Å². The standard InChI is InChI=1S/C16H17F3N4O/c1-24-12-8-4-3-7-11(12)13-20-14(16(17,18)19)22-15(21-13)23-9-5-2-6-10-23/h3-4,7-8H,2,5-6,9-10H2,1H3. The number of alkyl halides is 3. The third kappa shape index (κ3) is 3.42. The van der Waals surface area contributed by atoms with E-state index in [1.54, 1.807) is 29.2 Å². The van der Waals surface area contributed by atoms with Crippen LogP contribution in [0.2, 0.25) is 0 Å². The molecule has 0 saturated carbocycles. The first-order valence-electron chi connectivity index (χ1n) is 7.70. The number of rotatable bonds is 3. The quantitative estimate of drug-likeness (QED) is 0.856. The highest BCUT2D eigenvalue weighted by Gasteiger charge is 2.36. The third-order valence-electron chi connectivity index (χ3n) is 3.86. The minimum absolute atomic E-state index is 0.0321. The van der Waals surface area contributed by atoms with Gasteiger partial charge in [-0.3, -0.25) is 0 Å². The van der Waals surface area contributed by atoms with Gasteiger partial charge in [-0.15, -0.1) is 0 Å². The minimum Gasteiger partial charge on any atom is -0.496 e. The highest BCUT2D eigenvalue weighted by atomic mass is 19.4. The molecule has 0 bridgehead atoms. The van der Waals surface area contributed by atoms with Crippen molar-refractivity contribution >= 4 is 5.95 Å². The lowest BCUT2D eigenvalue weighted by Gasteiger charge is -2.27. The van der Waals surface area contributed by atoms with Gasteiger partial charge in [-0.1, -0.05) is 12.1 Å². The van der Waals surface area contributed by atoms with Crippen LogP contribution in [0, 0.1) is 0 Å². The van der Waals surface area contributed by atoms with Crippen LogP contribution in [0.4, 0.5) is 19.1 Å². The molecule has 0 aliphatic carbocycles. The van der Waals surface area contributed by atoms with E-state index < -0.39 is 12.0 Å². The van der Waals surface area contributed by atoms with Gasteiger partial charge in [0.15, 0.2) is 5.82 Å². The third-order valence-corrected chi connectivity index (χ3v) is 3.86. The zero-order valence-corrected chi connectivity index (χ0v) is 13.2. The molecular weight excluding hydrogens is 321 g/mol. The predicted octanol–water partition coefficient (Wildman–Crippen LogP) is 3.56. The fraction of sp³-hybridized carbons (Fsp3) is 0.438. The summed E-state index contributed by atoms with van der Waals surface area (Å²) in [5.41, 5.74) is 0.408. The Morgan fingerprint density at radius 1 is 1.00 bits per heavy atom. The summed E-state index contributed by atoms with van der Waals surface area (Å²) in [5.74, 6) is -0.728. The van der Waals surface area contributed by atoms with Crippen LogP contribution in [0.25, 0.3) is 11.4 Å².